The van der Waals surface area contributed by atoms with Crippen LogP contribution in [0.25, 0.3) is 0 Å². The molecular formula is C9H21N2O3Si. The average molecular weight is 233 g/mol. The van der Waals surface area contributed by atoms with Crippen LogP contribution >= 0.6 is 0 Å². The van der Waals surface area contributed by atoms with Crippen LogP contribution < -0.4 is 11.1 Å². The number of methoxy groups -OCH3 is 3. The zero-order chi connectivity index (χ0) is 11.9. The Morgan fingerprint density at radius 1 is 1.33 bits per heavy atom. The maximum absolute atomic E-state index is 5.67. The van der Waals surface area contributed by atoms with Gasteiger partial charge in [0.2, 0.25) is 0 Å². The van der Waals surface area contributed by atoms with Crippen LogP contribution in [-0.2, 0) is 14.2 Å². The summed E-state index contributed by atoms with van der Waals surface area (Å²) in [6, 6.07) is 0.603. The molecule has 2 atom stereocenters. The summed E-state index contributed by atoms with van der Waals surface area (Å²) in [5, 5.41) is 3.11. The van der Waals surface area contributed by atoms with Crippen molar-refractivity contribution in [1.82, 2.24) is 5.32 Å². The maximum atomic E-state index is 5.67. The minimum atomic E-state index is -0.968. The van der Waals surface area contributed by atoms with Gasteiger partial charge in [-0.25, -0.2) is 0 Å². The maximum Gasteiger partial charge on any atom is 0.254 e. The van der Waals surface area contributed by atoms with Gasteiger partial charge in [-0.15, -0.1) is 0 Å². The molecule has 3 radical (unpaired) electrons. The van der Waals surface area contributed by atoms with E-state index in [1.165, 1.54) is 0 Å². The van der Waals surface area contributed by atoms with Crippen molar-refractivity contribution in [2.45, 2.75) is 31.0 Å². The Hall–Kier alpha value is 0.0169. The van der Waals surface area contributed by atoms with Gasteiger partial charge in [0, 0.05) is 44.2 Å². The third-order valence-corrected chi connectivity index (χ3v) is 2.54. The molecule has 0 aliphatic rings. The van der Waals surface area contributed by atoms with Crippen LogP contribution in [0.4, 0.5) is 0 Å². The summed E-state index contributed by atoms with van der Waals surface area (Å²) in [6.45, 7) is 2.48. The first-order valence-corrected chi connectivity index (χ1v) is 5.55. The first-order chi connectivity index (χ1) is 7.06. The van der Waals surface area contributed by atoms with Crippen LogP contribution in [0.2, 0.25) is 6.04 Å². The summed E-state index contributed by atoms with van der Waals surface area (Å²) >= 11 is 0. The Labute approximate surface area is 95.1 Å². The molecule has 5 nitrogen and oxygen atoms in total. The normalized spacial score (nSPS) is 16.4. The first kappa shape index (κ1) is 15.0. The van der Waals surface area contributed by atoms with Gasteiger partial charge >= 0.3 is 0 Å². The number of hydrogen-bond acceptors (Lipinski definition) is 5. The SMILES string of the molecule is COC(C[Si])C(NCC(C)N)(OC)OC. The molecule has 0 aromatic rings. The monoisotopic (exact) mass is 233 g/mol. The quantitative estimate of drug-likeness (QED) is 0.436. The van der Waals surface area contributed by atoms with Gasteiger partial charge in [0.1, 0.15) is 6.10 Å². The Morgan fingerprint density at radius 2 is 1.87 bits per heavy atom. The van der Waals surface area contributed by atoms with Crippen molar-refractivity contribution in [3.05, 3.63) is 0 Å². The summed E-state index contributed by atoms with van der Waals surface area (Å²) < 4.78 is 15.9. The molecule has 0 aliphatic carbocycles. The smallest absolute Gasteiger partial charge is 0.254 e. The molecule has 2 unspecified atom stereocenters. The standard InChI is InChI=1S/C9H21N2O3Si/c1-7(10)5-11-9(13-3,14-4)8(6-15)12-2/h7-8,11H,5-6,10H2,1-4H3. The minimum absolute atomic E-state index is 0.0156. The number of rotatable bonds is 8. The van der Waals surface area contributed by atoms with Crippen molar-refractivity contribution in [3.63, 3.8) is 0 Å². The van der Waals surface area contributed by atoms with Gasteiger partial charge in [0.25, 0.3) is 5.91 Å². The molecule has 3 N–H and O–H groups in total. The van der Waals surface area contributed by atoms with E-state index in [1.54, 1.807) is 21.3 Å². The van der Waals surface area contributed by atoms with E-state index >= 15 is 0 Å². The third-order valence-electron chi connectivity index (χ3n) is 2.17. The second-order valence-corrected chi connectivity index (χ2v) is 3.77. The fourth-order valence-corrected chi connectivity index (χ4v) is 1.72. The van der Waals surface area contributed by atoms with Crippen molar-refractivity contribution in [2.24, 2.45) is 5.73 Å². The van der Waals surface area contributed by atoms with Crippen LogP contribution in [0.5, 0.6) is 0 Å². The van der Waals surface area contributed by atoms with Crippen molar-refractivity contribution >= 4 is 10.2 Å². The van der Waals surface area contributed by atoms with Gasteiger partial charge in [0.05, 0.1) is 0 Å². The molecule has 0 saturated heterocycles. The fourth-order valence-electron chi connectivity index (χ4n) is 1.28. The molecule has 6 heteroatoms. The molecule has 0 heterocycles. The summed E-state index contributed by atoms with van der Waals surface area (Å²) in [5.41, 5.74) is 5.67. The van der Waals surface area contributed by atoms with Gasteiger partial charge in [0.15, 0.2) is 0 Å². The molecule has 0 amide bonds. The van der Waals surface area contributed by atoms with Crippen molar-refractivity contribution in [3.8, 4) is 0 Å². The van der Waals surface area contributed by atoms with E-state index in [4.69, 9.17) is 19.9 Å². The van der Waals surface area contributed by atoms with E-state index in [-0.39, 0.29) is 12.1 Å². The van der Waals surface area contributed by atoms with Crippen molar-refractivity contribution < 1.29 is 14.2 Å². The molecule has 0 spiro atoms. The van der Waals surface area contributed by atoms with Crippen molar-refractivity contribution in [1.29, 1.82) is 0 Å². The highest BCUT2D eigenvalue weighted by Crippen LogP contribution is 2.18. The Balaban J connectivity index is 4.54. The highest BCUT2D eigenvalue weighted by atomic mass is 28.1. The Kier molecular flexibility index (Phi) is 7.32. The zero-order valence-electron chi connectivity index (χ0n) is 9.87. The van der Waals surface area contributed by atoms with Gasteiger partial charge < -0.3 is 19.9 Å². The van der Waals surface area contributed by atoms with Gasteiger partial charge in [-0.05, 0) is 13.0 Å². The fraction of sp³-hybridized carbons (Fsp3) is 1.00. The van der Waals surface area contributed by atoms with E-state index < -0.39 is 5.91 Å². The number of nitrogens with two attached hydrogens (primary N) is 1. The van der Waals surface area contributed by atoms with Gasteiger partial charge in [-0.3, -0.25) is 5.32 Å². The molecule has 89 valence electrons. The van der Waals surface area contributed by atoms with Gasteiger partial charge in [-0.2, -0.15) is 0 Å². The van der Waals surface area contributed by atoms with Crippen LogP contribution in [0.1, 0.15) is 6.92 Å². The molecule has 0 aliphatic heterocycles. The minimum Gasteiger partial charge on any atom is -0.375 e. The van der Waals surface area contributed by atoms with E-state index in [2.05, 4.69) is 15.6 Å². The van der Waals surface area contributed by atoms with E-state index in [0.29, 0.717) is 12.6 Å². The first-order valence-electron chi connectivity index (χ1n) is 4.84. The molecule has 0 rings (SSSR count). The summed E-state index contributed by atoms with van der Waals surface area (Å²) in [4.78, 5) is 0. The van der Waals surface area contributed by atoms with Crippen LogP contribution in [-0.4, -0.2) is 56.2 Å². The lowest BCUT2D eigenvalue weighted by Gasteiger charge is -2.37. The van der Waals surface area contributed by atoms with E-state index in [0.717, 1.165) is 0 Å². The Bertz CT molecular complexity index is 161. The highest BCUT2D eigenvalue weighted by molar-refractivity contribution is 6.08. The molecule has 0 aromatic heterocycles. The largest absolute Gasteiger partial charge is 0.375 e. The van der Waals surface area contributed by atoms with Crippen LogP contribution in [0.3, 0.4) is 0 Å². The zero-order valence-corrected chi connectivity index (χ0v) is 10.9. The van der Waals surface area contributed by atoms with E-state index in [9.17, 15) is 0 Å². The second kappa shape index (κ2) is 7.32. The lowest BCUT2D eigenvalue weighted by Crippen LogP contribution is -2.60. The van der Waals surface area contributed by atoms with Crippen molar-refractivity contribution in [2.75, 3.05) is 27.9 Å². The predicted molar refractivity (Wildman–Crippen MR) is 59.8 cm³/mol. The molecule has 0 bridgehead atoms. The summed E-state index contributed by atoms with van der Waals surface area (Å²) in [6.07, 6.45) is -0.261. The molecular weight excluding hydrogens is 212 g/mol. The molecule has 0 fully saturated rings. The van der Waals surface area contributed by atoms with Gasteiger partial charge in [-0.1, -0.05) is 0 Å². The molecule has 15 heavy (non-hydrogen) atoms. The predicted octanol–water partition coefficient (Wildman–Crippen LogP) is -0.528. The molecule has 0 aromatic carbocycles. The lowest BCUT2D eigenvalue weighted by atomic mass is 10.2. The summed E-state index contributed by atoms with van der Waals surface area (Å²) in [5.74, 6) is -0.968. The topological polar surface area (TPSA) is 65.7 Å². The number of ether oxygens (including phenoxy) is 3. The van der Waals surface area contributed by atoms with E-state index in [1.807, 2.05) is 6.92 Å². The van der Waals surface area contributed by atoms with Crippen LogP contribution in [0.15, 0.2) is 0 Å². The highest BCUT2D eigenvalue weighted by Gasteiger charge is 2.38. The lowest BCUT2D eigenvalue weighted by molar-refractivity contribution is -0.278. The number of nitrogens with one attached hydrogen (secondary N) is 1. The Morgan fingerprint density at radius 3 is 2.13 bits per heavy atom. The average Bonchev–Trinajstić information content (AvgIpc) is 2.24. The third kappa shape index (κ3) is 4.18. The molecule has 0 saturated carbocycles. The summed E-state index contributed by atoms with van der Waals surface area (Å²) in [7, 11) is 8.12. The number of hydrogen-bond donors (Lipinski definition) is 2. The second-order valence-electron chi connectivity index (χ2n) is 3.36. The van der Waals surface area contributed by atoms with Crippen LogP contribution in [0, 0.1) is 0 Å².